The van der Waals surface area contributed by atoms with E-state index in [4.69, 9.17) is 15.2 Å². The lowest BCUT2D eigenvalue weighted by molar-refractivity contribution is -0.123. The molecule has 1 heterocycles. The van der Waals surface area contributed by atoms with E-state index in [1.165, 1.54) is 0 Å². The molecule has 0 bridgehead atoms. The molecule has 1 rings (SSSR count). The quantitative estimate of drug-likeness (QED) is 0.607. The van der Waals surface area contributed by atoms with Crippen molar-refractivity contribution in [3.05, 3.63) is 0 Å². The Labute approximate surface area is 67.9 Å². The average molecular weight is 159 g/mol. The monoisotopic (exact) mass is 159 g/mol. The molecule has 1 aliphatic rings. The van der Waals surface area contributed by atoms with Gasteiger partial charge in [0.25, 0.3) is 0 Å². The number of ether oxygens (including phenoxy) is 2. The smallest absolute Gasteiger partial charge is 0.0981 e. The van der Waals surface area contributed by atoms with E-state index in [9.17, 15) is 0 Å². The Hall–Kier alpha value is -0.120. The molecule has 0 aromatic rings. The molecule has 1 fully saturated rings. The van der Waals surface area contributed by atoms with Crippen molar-refractivity contribution in [2.24, 2.45) is 5.73 Å². The first kappa shape index (κ1) is 8.97. The summed E-state index contributed by atoms with van der Waals surface area (Å²) >= 11 is 0. The molecule has 0 amide bonds. The summed E-state index contributed by atoms with van der Waals surface area (Å²) in [6.45, 7) is 4.05. The van der Waals surface area contributed by atoms with E-state index < -0.39 is 0 Å². The maximum Gasteiger partial charge on any atom is 0.0981 e. The average Bonchev–Trinajstić information content (AvgIpc) is 1.85. The number of hydrogen-bond acceptors (Lipinski definition) is 3. The van der Waals surface area contributed by atoms with Crippen LogP contribution in [0.15, 0.2) is 0 Å². The molecule has 0 aromatic carbocycles. The van der Waals surface area contributed by atoms with Crippen molar-refractivity contribution in [3.8, 4) is 0 Å². The minimum Gasteiger partial charge on any atom is -0.377 e. The van der Waals surface area contributed by atoms with Crippen LogP contribution in [0.25, 0.3) is 0 Å². The summed E-state index contributed by atoms with van der Waals surface area (Å²) in [5.74, 6) is 0. The summed E-state index contributed by atoms with van der Waals surface area (Å²) in [6.07, 6.45) is 1.35. The van der Waals surface area contributed by atoms with Crippen LogP contribution >= 0.6 is 0 Å². The lowest BCUT2D eigenvalue weighted by Gasteiger charge is -2.36. The molecule has 0 radical (unpaired) electrons. The third-order valence-electron chi connectivity index (χ3n) is 2.21. The second-order valence-electron chi connectivity index (χ2n) is 3.25. The van der Waals surface area contributed by atoms with E-state index in [0.29, 0.717) is 0 Å². The summed E-state index contributed by atoms with van der Waals surface area (Å²) in [7, 11) is 1.68. The topological polar surface area (TPSA) is 44.5 Å². The number of nitrogens with two attached hydrogens (primary N) is 1. The zero-order valence-corrected chi connectivity index (χ0v) is 7.41. The minimum atomic E-state index is 0.0613. The Morgan fingerprint density at radius 1 is 1.45 bits per heavy atom. The fraction of sp³-hybridized carbons (Fsp3) is 1.00. The predicted molar refractivity (Wildman–Crippen MR) is 43.4 cm³/mol. The Morgan fingerprint density at radius 3 is 2.55 bits per heavy atom. The van der Waals surface area contributed by atoms with Crippen LogP contribution in [0.5, 0.6) is 0 Å². The normalized spacial score (nSPS) is 45.8. The van der Waals surface area contributed by atoms with E-state index in [1.807, 2.05) is 13.8 Å². The molecule has 3 nitrogen and oxygen atoms in total. The highest BCUT2D eigenvalue weighted by Gasteiger charge is 2.32. The Morgan fingerprint density at radius 2 is 2.09 bits per heavy atom. The molecule has 1 saturated heterocycles. The van der Waals surface area contributed by atoms with Crippen molar-refractivity contribution in [2.75, 3.05) is 7.11 Å². The van der Waals surface area contributed by atoms with Crippen molar-refractivity contribution in [1.29, 1.82) is 0 Å². The molecule has 0 aromatic heterocycles. The zero-order chi connectivity index (χ0) is 8.43. The molecule has 66 valence electrons. The van der Waals surface area contributed by atoms with Gasteiger partial charge in [0, 0.05) is 13.2 Å². The van der Waals surface area contributed by atoms with E-state index in [2.05, 4.69) is 0 Å². The van der Waals surface area contributed by atoms with Crippen LogP contribution in [0, 0.1) is 0 Å². The highest BCUT2D eigenvalue weighted by atomic mass is 16.5. The van der Waals surface area contributed by atoms with Crippen LogP contribution in [-0.4, -0.2) is 31.5 Å². The van der Waals surface area contributed by atoms with Gasteiger partial charge in [-0.05, 0) is 20.3 Å². The van der Waals surface area contributed by atoms with Crippen molar-refractivity contribution >= 4 is 0 Å². The number of methoxy groups -OCH3 is 1. The maximum absolute atomic E-state index is 5.87. The van der Waals surface area contributed by atoms with Gasteiger partial charge in [0.1, 0.15) is 0 Å². The fourth-order valence-electron chi connectivity index (χ4n) is 1.73. The van der Waals surface area contributed by atoms with E-state index in [1.54, 1.807) is 7.11 Å². The van der Waals surface area contributed by atoms with Crippen molar-refractivity contribution in [2.45, 2.75) is 44.6 Å². The fourth-order valence-corrected chi connectivity index (χ4v) is 1.73. The van der Waals surface area contributed by atoms with Gasteiger partial charge in [-0.15, -0.1) is 0 Å². The second kappa shape index (κ2) is 3.52. The highest BCUT2D eigenvalue weighted by molar-refractivity contribution is 4.85. The van der Waals surface area contributed by atoms with Gasteiger partial charge in [0.15, 0.2) is 0 Å². The van der Waals surface area contributed by atoms with Crippen LogP contribution in [0.2, 0.25) is 0 Å². The first-order valence-corrected chi connectivity index (χ1v) is 4.09. The van der Waals surface area contributed by atoms with Crippen molar-refractivity contribution < 1.29 is 9.47 Å². The summed E-state index contributed by atoms with van der Waals surface area (Å²) in [5, 5.41) is 0. The second-order valence-corrected chi connectivity index (χ2v) is 3.25. The molecule has 1 aliphatic heterocycles. The van der Waals surface area contributed by atoms with Gasteiger partial charge in [-0.3, -0.25) is 0 Å². The molecule has 4 atom stereocenters. The molecule has 0 saturated carbocycles. The molecular weight excluding hydrogens is 142 g/mol. The van der Waals surface area contributed by atoms with Crippen LogP contribution in [0.1, 0.15) is 20.3 Å². The van der Waals surface area contributed by atoms with E-state index in [-0.39, 0.29) is 24.4 Å². The minimum absolute atomic E-state index is 0.0613. The van der Waals surface area contributed by atoms with Crippen LogP contribution in [-0.2, 0) is 9.47 Å². The molecule has 2 N–H and O–H groups in total. The molecule has 2 unspecified atom stereocenters. The van der Waals surface area contributed by atoms with Crippen molar-refractivity contribution in [1.82, 2.24) is 0 Å². The predicted octanol–water partition coefficient (Wildman–Crippen LogP) is 0.526. The van der Waals surface area contributed by atoms with Crippen LogP contribution < -0.4 is 5.73 Å². The van der Waals surface area contributed by atoms with Gasteiger partial charge >= 0.3 is 0 Å². The molecule has 11 heavy (non-hydrogen) atoms. The number of rotatable bonds is 1. The Kier molecular flexibility index (Phi) is 2.87. The largest absolute Gasteiger partial charge is 0.377 e. The van der Waals surface area contributed by atoms with E-state index >= 15 is 0 Å². The SMILES string of the molecule is CO[C@@H]1C(N)C[C@H](C)OC1C. The van der Waals surface area contributed by atoms with Gasteiger partial charge in [-0.2, -0.15) is 0 Å². The van der Waals surface area contributed by atoms with Gasteiger partial charge in [0.05, 0.1) is 18.3 Å². The lowest BCUT2D eigenvalue weighted by Crippen LogP contribution is -2.51. The molecular formula is C8H17NO2. The first-order chi connectivity index (χ1) is 5.15. The Balaban J connectivity index is 2.52. The van der Waals surface area contributed by atoms with E-state index in [0.717, 1.165) is 6.42 Å². The molecule has 3 heteroatoms. The Bertz CT molecular complexity index is 117. The zero-order valence-electron chi connectivity index (χ0n) is 7.41. The summed E-state index contributed by atoms with van der Waals surface area (Å²) in [6, 6.07) is 0.124. The highest BCUT2D eigenvalue weighted by Crippen LogP contribution is 2.20. The third-order valence-corrected chi connectivity index (χ3v) is 2.21. The van der Waals surface area contributed by atoms with Crippen LogP contribution in [0.4, 0.5) is 0 Å². The van der Waals surface area contributed by atoms with Crippen molar-refractivity contribution in [3.63, 3.8) is 0 Å². The standard InChI is InChI=1S/C8H17NO2/c1-5-4-7(9)8(10-3)6(2)11-5/h5-8H,4,9H2,1-3H3/t5-,6?,7?,8-/m0/s1. The molecule has 0 aliphatic carbocycles. The lowest BCUT2D eigenvalue weighted by atomic mass is 9.97. The molecule has 0 spiro atoms. The summed E-state index contributed by atoms with van der Waals surface area (Å²) in [4.78, 5) is 0. The maximum atomic E-state index is 5.87. The van der Waals surface area contributed by atoms with Crippen LogP contribution in [0.3, 0.4) is 0 Å². The third kappa shape index (κ3) is 1.92. The van der Waals surface area contributed by atoms with Gasteiger partial charge in [-0.1, -0.05) is 0 Å². The summed E-state index contributed by atoms with van der Waals surface area (Å²) < 4.78 is 10.8. The van der Waals surface area contributed by atoms with Gasteiger partial charge < -0.3 is 15.2 Å². The number of hydrogen-bond donors (Lipinski definition) is 1. The summed E-state index contributed by atoms with van der Waals surface area (Å²) in [5.41, 5.74) is 5.87. The van der Waals surface area contributed by atoms with Gasteiger partial charge in [0.2, 0.25) is 0 Å². The van der Waals surface area contributed by atoms with Gasteiger partial charge in [-0.25, -0.2) is 0 Å². The first-order valence-electron chi connectivity index (χ1n) is 4.09.